The number of pyridine rings is 1. The van der Waals surface area contributed by atoms with Crippen LogP contribution in [0.4, 0.5) is 0 Å². The average Bonchev–Trinajstić information content (AvgIpc) is 2.47. The molecule has 2 rings (SSSR count). The maximum atomic E-state index is 4.20. The number of likely N-dealkylation sites (N-methyl/N-ethyl adjacent to an activating group) is 1. The first-order chi connectivity index (χ1) is 9.31. The molecule has 19 heavy (non-hydrogen) atoms. The standard InChI is InChI=1S/C16H27N3/c1-3-18-14(2)16-8-4-5-11-19(16)12-9-15-7-6-10-17-13-15/h6-7,10,13-14,16,18H,3-5,8-9,11-12H2,1-2H3. The van der Waals surface area contributed by atoms with E-state index < -0.39 is 0 Å². The van der Waals surface area contributed by atoms with E-state index in [0.29, 0.717) is 12.1 Å². The molecule has 1 aliphatic rings. The number of hydrogen-bond donors (Lipinski definition) is 1. The SMILES string of the molecule is CCNC(C)C1CCCCN1CCc1cccnc1. The summed E-state index contributed by atoms with van der Waals surface area (Å²) in [6.45, 7) is 8.00. The van der Waals surface area contributed by atoms with Crippen LogP contribution in [0.1, 0.15) is 38.7 Å². The lowest BCUT2D eigenvalue weighted by molar-refractivity contribution is 0.121. The summed E-state index contributed by atoms with van der Waals surface area (Å²) >= 11 is 0. The summed E-state index contributed by atoms with van der Waals surface area (Å²) in [5.74, 6) is 0. The van der Waals surface area contributed by atoms with Gasteiger partial charge in [-0.2, -0.15) is 0 Å². The molecule has 1 aromatic heterocycles. The second kappa shape index (κ2) is 7.61. The van der Waals surface area contributed by atoms with E-state index in [1.165, 1.54) is 31.4 Å². The van der Waals surface area contributed by atoms with Crippen LogP contribution in [0.15, 0.2) is 24.5 Å². The highest BCUT2D eigenvalue weighted by Gasteiger charge is 2.26. The van der Waals surface area contributed by atoms with Crippen LogP contribution in [0.2, 0.25) is 0 Å². The third-order valence-corrected chi connectivity index (χ3v) is 4.18. The fourth-order valence-corrected chi connectivity index (χ4v) is 3.14. The minimum atomic E-state index is 0.596. The van der Waals surface area contributed by atoms with Crippen LogP contribution in [0.5, 0.6) is 0 Å². The Morgan fingerprint density at radius 1 is 1.47 bits per heavy atom. The molecule has 1 saturated heterocycles. The van der Waals surface area contributed by atoms with Crippen LogP contribution < -0.4 is 5.32 Å². The zero-order chi connectivity index (χ0) is 13.5. The normalized spacial score (nSPS) is 22.3. The van der Waals surface area contributed by atoms with Crippen LogP contribution in [0.25, 0.3) is 0 Å². The van der Waals surface area contributed by atoms with Gasteiger partial charge in [-0.15, -0.1) is 0 Å². The first-order valence-electron chi connectivity index (χ1n) is 7.67. The van der Waals surface area contributed by atoms with Crippen molar-refractivity contribution in [3.05, 3.63) is 30.1 Å². The van der Waals surface area contributed by atoms with Crippen molar-refractivity contribution in [3.63, 3.8) is 0 Å². The summed E-state index contributed by atoms with van der Waals surface area (Å²) < 4.78 is 0. The molecule has 0 spiro atoms. The number of rotatable bonds is 6. The van der Waals surface area contributed by atoms with E-state index in [0.717, 1.165) is 19.5 Å². The van der Waals surface area contributed by atoms with Gasteiger partial charge in [0.25, 0.3) is 0 Å². The number of likely N-dealkylation sites (tertiary alicyclic amines) is 1. The summed E-state index contributed by atoms with van der Waals surface area (Å²) in [5, 5.41) is 3.59. The average molecular weight is 261 g/mol. The molecule has 2 unspecified atom stereocenters. The highest BCUT2D eigenvalue weighted by atomic mass is 15.2. The van der Waals surface area contributed by atoms with Crippen LogP contribution in [-0.4, -0.2) is 41.6 Å². The number of nitrogens with one attached hydrogen (secondary N) is 1. The van der Waals surface area contributed by atoms with Crippen LogP contribution in [0, 0.1) is 0 Å². The fourth-order valence-electron chi connectivity index (χ4n) is 3.14. The van der Waals surface area contributed by atoms with Gasteiger partial charge in [-0.1, -0.05) is 19.4 Å². The minimum absolute atomic E-state index is 0.596. The Hall–Kier alpha value is -0.930. The van der Waals surface area contributed by atoms with Gasteiger partial charge in [0.1, 0.15) is 0 Å². The van der Waals surface area contributed by atoms with Gasteiger partial charge < -0.3 is 5.32 Å². The van der Waals surface area contributed by atoms with Gasteiger partial charge in [0, 0.05) is 31.0 Å². The molecule has 0 amide bonds. The molecule has 3 heteroatoms. The van der Waals surface area contributed by atoms with Gasteiger partial charge in [-0.25, -0.2) is 0 Å². The number of piperidine rings is 1. The Balaban J connectivity index is 1.88. The predicted molar refractivity (Wildman–Crippen MR) is 80.3 cm³/mol. The van der Waals surface area contributed by atoms with E-state index in [2.05, 4.69) is 35.1 Å². The van der Waals surface area contributed by atoms with Crippen molar-refractivity contribution in [1.82, 2.24) is 15.2 Å². The lowest BCUT2D eigenvalue weighted by atomic mass is 9.96. The summed E-state index contributed by atoms with van der Waals surface area (Å²) in [6.07, 6.45) is 9.02. The Labute approximate surface area is 117 Å². The third kappa shape index (κ3) is 4.29. The molecule has 1 aromatic rings. The fraction of sp³-hybridized carbons (Fsp3) is 0.688. The molecule has 0 saturated carbocycles. The zero-order valence-electron chi connectivity index (χ0n) is 12.3. The molecule has 106 valence electrons. The second-order valence-corrected chi connectivity index (χ2v) is 5.56. The van der Waals surface area contributed by atoms with Crippen molar-refractivity contribution in [3.8, 4) is 0 Å². The molecule has 0 radical (unpaired) electrons. The van der Waals surface area contributed by atoms with Gasteiger partial charge in [0.05, 0.1) is 0 Å². The molecule has 0 aromatic carbocycles. The minimum Gasteiger partial charge on any atom is -0.313 e. The summed E-state index contributed by atoms with van der Waals surface area (Å²) in [6, 6.07) is 5.51. The Bertz CT molecular complexity index is 352. The van der Waals surface area contributed by atoms with Crippen molar-refractivity contribution in [1.29, 1.82) is 0 Å². The van der Waals surface area contributed by atoms with Crippen molar-refractivity contribution < 1.29 is 0 Å². The topological polar surface area (TPSA) is 28.2 Å². The maximum Gasteiger partial charge on any atom is 0.0300 e. The van der Waals surface area contributed by atoms with Gasteiger partial charge >= 0.3 is 0 Å². The largest absolute Gasteiger partial charge is 0.313 e. The second-order valence-electron chi connectivity index (χ2n) is 5.56. The number of aromatic nitrogens is 1. The van der Waals surface area contributed by atoms with Crippen LogP contribution in [0.3, 0.4) is 0 Å². The molecule has 1 fully saturated rings. The Morgan fingerprint density at radius 3 is 3.11 bits per heavy atom. The molecular formula is C16H27N3. The molecule has 0 bridgehead atoms. The van der Waals surface area contributed by atoms with E-state index in [1.54, 1.807) is 0 Å². The monoisotopic (exact) mass is 261 g/mol. The summed E-state index contributed by atoms with van der Waals surface area (Å²) in [5.41, 5.74) is 1.35. The number of nitrogens with zero attached hydrogens (tertiary/aromatic N) is 2. The van der Waals surface area contributed by atoms with E-state index in [1.807, 2.05) is 18.5 Å². The zero-order valence-corrected chi connectivity index (χ0v) is 12.3. The highest BCUT2D eigenvalue weighted by molar-refractivity contribution is 5.09. The van der Waals surface area contributed by atoms with E-state index in [-0.39, 0.29) is 0 Å². The van der Waals surface area contributed by atoms with Gasteiger partial charge in [-0.3, -0.25) is 9.88 Å². The molecule has 2 heterocycles. The van der Waals surface area contributed by atoms with Crippen molar-refractivity contribution in [2.45, 2.75) is 51.6 Å². The van der Waals surface area contributed by atoms with E-state index in [9.17, 15) is 0 Å². The smallest absolute Gasteiger partial charge is 0.0300 e. The first kappa shape index (κ1) is 14.5. The molecule has 1 aliphatic heterocycles. The van der Waals surface area contributed by atoms with Gasteiger partial charge in [0.2, 0.25) is 0 Å². The molecule has 2 atom stereocenters. The lowest BCUT2D eigenvalue weighted by Gasteiger charge is -2.39. The predicted octanol–water partition coefficient (Wildman–Crippen LogP) is 2.48. The van der Waals surface area contributed by atoms with Crippen LogP contribution in [-0.2, 0) is 6.42 Å². The van der Waals surface area contributed by atoms with E-state index in [4.69, 9.17) is 0 Å². The number of hydrogen-bond acceptors (Lipinski definition) is 3. The molecule has 1 N–H and O–H groups in total. The Morgan fingerprint density at radius 2 is 2.37 bits per heavy atom. The van der Waals surface area contributed by atoms with Crippen molar-refractivity contribution >= 4 is 0 Å². The quantitative estimate of drug-likeness (QED) is 0.852. The molecule has 3 nitrogen and oxygen atoms in total. The van der Waals surface area contributed by atoms with Gasteiger partial charge in [0.15, 0.2) is 0 Å². The molecule has 0 aliphatic carbocycles. The summed E-state index contributed by atoms with van der Waals surface area (Å²) in [7, 11) is 0. The van der Waals surface area contributed by atoms with E-state index >= 15 is 0 Å². The van der Waals surface area contributed by atoms with Crippen molar-refractivity contribution in [2.24, 2.45) is 0 Å². The van der Waals surface area contributed by atoms with Crippen LogP contribution >= 0.6 is 0 Å². The van der Waals surface area contributed by atoms with Gasteiger partial charge in [-0.05, 0) is 50.9 Å². The van der Waals surface area contributed by atoms with Crippen molar-refractivity contribution in [2.75, 3.05) is 19.6 Å². The lowest BCUT2D eigenvalue weighted by Crippen LogP contribution is -2.51. The Kier molecular flexibility index (Phi) is 5.80. The third-order valence-electron chi connectivity index (χ3n) is 4.18. The summed E-state index contributed by atoms with van der Waals surface area (Å²) in [4.78, 5) is 6.87. The maximum absolute atomic E-state index is 4.20. The highest BCUT2D eigenvalue weighted by Crippen LogP contribution is 2.20. The first-order valence-corrected chi connectivity index (χ1v) is 7.67. The molecular weight excluding hydrogens is 234 g/mol.